The fourth-order valence-corrected chi connectivity index (χ4v) is 3.64. The van der Waals surface area contributed by atoms with Gasteiger partial charge in [-0.3, -0.25) is 4.90 Å². The molecule has 2 fully saturated rings. The molecule has 1 aromatic carbocycles. The zero-order chi connectivity index (χ0) is 15.4. The van der Waals surface area contributed by atoms with E-state index in [9.17, 15) is 5.11 Å². The summed E-state index contributed by atoms with van der Waals surface area (Å²) in [5, 5.41) is 13.8. The largest absolute Gasteiger partial charge is 0.508 e. The molecule has 2 heterocycles. The quantitative estimate of drug-likeness (QED) is 0.888. The number of methoxy groups -OCH3 is 1. The van der Waals surface area contributed by atoms with E-state index in [1.165, 1.54) is 0 Å². The minimum absolute atomic E-state index is 0.237. The van der Waals surface area contributed by atoms with Crippen LogP contribution in [0.5, 0.6) is 11.5 Å². The highest BCUT2D eigenvalue weighted by molar-refractivity contribution is 5.41. The molecule has 2 aliphatic rings. The number of hydrogen-bond donors (Lipinski definition) is 2. The van der Waals surface area contributed by atoms with Crippen molar-refractivity contribution in [3.63, 3.8) is 0 Å². The maximum Gasteiger partial charge on any atom is 0.120 e. The fraction of sp³-hybridized carbons (Fsp3) is 0.647. The van der Waals surface area contributed by atoms with Crippen LogP contribution in [0.2, 0.25) is 0 Å². The SMILES string of the molecule is COc1ccc(O)c([C@@H](C2CCOCC2)N2CCNCC2)c1. The minimum Gasteiger partial charge on any atom is -0.508 e. The van der Waals surface area contributed by atoms with Crippen molar-refractivity contribution in [2.75, 3.05) is 46.5 Å². The smallest absolute Gasteiger partial charge is 0.120 e. The predicted molar refractivity (Wildman–Crippen MR) is 85.4 cm³/mol. The molecule has 0 spiro atoms. The number of nitrogens with one attached hydrogen (secondary N) is 1. The molecular formula is C17H26N2O3. The Morgan fingerprint density at radius 3 is 2.68 bits per heavy atom. The molecule has 1 atom stereocenters. The molecule has 5 heteroatoms. The lowest BCUT2D eigenvalue weighted by Crippen LogP contribution is -2.47. The van der Waals surface area contributed by atoms with Gasteiger partial charge in [-0.25, -0.2) is 0 Å². The first-order valence-corrected chi connectivity index (χ1v) is 8.19. The van der Waals surface area contributed by atoms with Crippen LogP contribution < -0.4 is 10.1 Å². The Morgan fingerprint density at radius 2 is 2.00 bits per heavy atom. The Kier molecular flexibility index (Phi) is 5.18. The first-order valence-electron chi connectivity index (χ1n) is 8.19. The van der Waals surface area contributed by atoms with Crippen molar-refractivity contribution < 1.29 is 14.6 Å². The van der Waals surface area contributed by atoms with E-state index in [0.29, 0.717) is 11.7 Å². The van der Waals surface area contributed by atoms with E-state index in [0.717, 1.165) is 63.5 Å². The molecule has 3 rings (SSSR count). The fourth-order valence-electron chi connectivity index (χ4n) is 3.64. The van der Waals surface area contributed by atoms with Crippen molar-refractivity contribution in [3.05, 3.63) is 23.8 Å². The van der Waals surface area contributed by atoms with Gasteiger partial charge in [-0.15, -0.1) is 0 Å². The maximum atomic E-state index is 10.4. The summed E-state index contributed by atoms with van der Waals surface area (Å²) in [6, 6.07) is 5.80. The van der Waals surface area contributed by atoms with E-state index in [1.54, 1.807) is 13.2 Å². The van der Waals surface area contributed by atoms with Gasteiger partial charge in [0, 0.05) is 51.0 Å². The third-order valence-corrected chi connectivity index (χ3v) is 4.81. The van der Waals surface area contributed by atoms with Crippen LogP contribution in [-0.4, -0.2) is 56.5 Å². The van der Waals surface area contributed by atoms with Gasteiger partial charge in [0.2, 0.25) is 0 Å². The van der Waals surface area contributed by atoms with E-state index in [4.69, 9.17) is 9.47 Å². The van der Waals surface area contributed by atoms with Crippen LogP contribution in [0, 0.1) is 5.92 Å². The summed E-state index contributed by atoms with van der Waals surface area (Å²) in [6.45, 7) is 5.67. The summed E-state index contributed by atoms with van der Waals surface area (Å²) in [7, 11) is 1.67. The number of ether oxygens (including phenoxy) is 2. The van der Waals surface area contributed by atoms with Crippen LogP contribution in [0.3, 0.4) is 0 Å². The third-order valence-electron chi connectivity index (χ3n) is 4.81. The average Bonchev–Trinajstić information content (AvgIpc) is 2.59. The van der Waals surface area contributed by atoms with Gasteiger partial charge in [-0.1, -0.05) is 0 Å². The Morgan fingerprint density at radius 1 is 1.27 bits per heavy atom. The molecule has 0 bridgehead atoms. The van der Waals surface area contributed by atoms with Gasteiger partial charge in [0.05, 0.1) is 7.11 Å². The van der Waals surface area contributed by atoms with Crippen LogP contribution in [0.15, 0.2) is 18.2 Å². The lowest BCUT2D eigenvalue weighted by Gasteiger charge is -2.41. The third kappa shape index (κ3) is 3.37. The lowest BCUT2D eigenvalue weighted by molar-refractivity contribution is 0.0206. The highest BCUT2D eigenvalue weighted by atomic mass is 16.5. The first kappa shape index (κ1) is 15.6. The second kappa shape index (κ2) is 7.31. The normalized spacial score (nSPS) is 22.4. The molecule has 2 aliphatic heterocycles. The highest BCUT2D eigenvalue weighted by Crippen LogP contribution is 2.40. The molecule has 0 aliphatic carbocycles. The number of phenolic OH excluding ortho intramolecular Hbond substituents is 1. The Bertz CT molecular complexity index is 465. The highest BCUT2D eigenvalue weighted by Gasteiger charge is 2.33. The molecule has 0 amide bonds. The summed E-state index contributed by atoms with van der Waals surface area (Å²) in [6.07, 6.45) is 2.09. The van der Waals surface area contributed by atoms with E-state index in [2.05, 4.69) is 10.2 Å². The lowest BCUT2D eigenvalue weighted by atomic mass is 9.85. The van der Waals surface area contributed by atoms with Crippen LogP contribution in [-0.2, 0) is 4.74 Å². The van der Waals surface area contributed by atoms with E-state index >= 15 is 0 Å². The monoisotopic (exact) mass is 306 g/mol. The molecular weight excluding hydrogens is 280 g/mol. The van der Waals surface area contributed by atoms with Gasteiger partial charge in [0.15, 0.2) is 0 Å². The summed E-state index contributed by atoms with van der Waals surface area (Å²) in [4.78, 5) is 2.50. The standard InChI is InChI=1S/C17H26N2O3/c1-21-14-2-3-16(20)15(12-14)17(13-4-10-22-11-5-13)19-8-6-18-7-9-19/h2-3,12-13,17-18,20H,4-11H2,1H3/t17-/m1/s1. The molecule has 2 N–H and O–H groups in total. The molecule has 1 aromatic rings. The second-order valence-electron chi connectivity index (χ2n) is 6.11. The summed E-state index contributed by atoms with van der Waals surface area (Å²) < 4.78 is 10.9. The van der Waals surface area contributed by atoms with Gasteiger partial charge >= 0.3 is 0 Å². The average molecular weight is 306 g/mol. The summed E-state index contributed by atoms with van der Waals surface area (Å²) >= 11 is 0. The topological polar surface area (TPSA) is 54.0 Å². The molecule has 2 saturated heterocycles. The molecule has 0 radical (unpaired) electrons. The number of benzene rings is 1. The number of piperazine rings is 1. The molecule has 22 heavy (non-hydrogen) atoms. The zero-order valence-electron chi connectivity index (χ0n) is 13.3. The van der Waals surface area contributed by atoms with Crippen molar-refractivity contribution in [1.29, 1.82) is 0 Å². The second-order valence-corrected chi connectivity index (χ2v) is 6.11. The van der Waals surface area contributed by atoms with Gasteiger partial charge in [0.25, 0.3) is 0 Å². The van der Waals surface area contributed by atoms with Gasteiger partial charge in [-0.05, 0) is 37.0 Å². The number of rotatable bonds is 4. The van der Waals surface area contributed by atoms with Crippen molar-refractivity contribution in [1.82, 2.24) is 10.2 Å². The van der Waals surface area contributed by atoms with Gasteiger partial charge in [0.1, 0.15) is 11.5 Å². The van der Waals surface area contributed by atoms with Crippen LogP contribution >= 0.6 is 0 Å². The summed E-state index contributed by atoms with van der Waals surface area (Å²) in [5.41, 5.74) is 0.994. The van der Waals surface area contributed by atoms with Crippen LogP contribution in [0.1, 0.15) is 24.4 Å². The molecule has 5 nitrogen and oxygen atoms in total. The van der Waals surface area contributed by atoms with Crippen molar-refractivity contribution in [3.8, 4) is 11.5 Å². The van der Waals surface area contributed by atoms with Crippen LogP contribution in [0.4, 0.5) is 0 Å². The number of aromatic hydroxyl groups is 1. The maximum absolute atomic E-state index is 10.4. The number of phenols is 1. The van der Waals surface area contributed by atoms with Crippen molar-refractivity contribution in [2.24, 2.45) is 5.92 Å². The van der Waals surface area contributed by atoms with Crippen molar-refractivity contribution >= 4 is 0 Å². The van der Waals surface area contributed by atoms with Crippen LogP contribution in [0.25, 0.3) is 0 Å². The molecule has 0 unspecified atom stereocenters. The summed E-state index contributed by atoms with van der Waals surface area (Å²) in [5.74, 6) is 1.70. The number of nitrogens with zero attached hydrogens (tertiary/aromatic N) is 1. The van der Waals surface area contributed by atoms with E-state index in [-0.39, 0.29) is 6.04 Å². The zero-order valence-corrected chi connectivity index (χ0v) is 13.3. The van der Waals surface area contributed by atoms with Gasteiger partial charge < -0.3 is 19.9 Å². The Balaban J connectivity index is 1.92. The van der Waals surface area contributed by atoms with Gasteiger partial charge in [-0.2, -0.15) is 0 Å². The van der Waals surface area contributed by atoms with E-state index in [1.807, 2.05) is 12.1 Å². The molecule has 0 saturated carbocycles. The first-order chi connectivity index (χ1) is 10.8. The Labute approximate surface area is 132 Å². The Hall–Kier alpha value is -1.30. The molecule has 0 aromatic heterocycles. The van der Waals surface area contributed by atoms with Crippen molar-refractivity contribution in [2.45, 2.75) is 18.9 Å². The van der Waals surface area contributed by atoms with E-state index < -0.39 is 0 Å². The minimum atomic E-state index is 0.237. The predicted octanol–water partition coefficient (Wildman–Crippen LogP) is 1.77. The number of hydrogen-bond acceptors (Lipinski definition) is 5. The molecule has 122 valence electrons.